The van der Waals surface area contributed by atoms with Crippen molar-refractivity contribution < 1.29 is 14.4 Å². The van der Waals surface area contributed by atoms with E-state index >= 15 is 0 Å². The summed E-state index contributed by atoms with van der Waals surface area (Å²) >= 11 is 0. The second-order valence-corrected chi connectivity index (χ2v) is 9.69. The van der Waals surface area contributed by atoms with Gasteiger partial charge in [0.15, 0.2) is 0 Å². The number of nitrogens with zero attached hydrogens (tertiary/aromatic N) is 3. The quantitative estimate of drug-likeness (QED) is 0.618. The molecule has 8 heteroatoms. The van der Waals surface area contributed by atoms with E-state index in [9.17, 15) is 14.4 Å². The van der Waals surface area contributed by atoms with Crippen LogP contribution in [0, 0.1) is 5.92 Å². The summed E-state index contributed by atoms with van der Waals surface area (Å²) in [6.45, 7) is 7.85. The van der Waals surface area contributed by atoms with E-state index in [1.54, 1.807) is 0 Å². The van der Waals surface area contributed by atoms with Crippen LogP contribution in [0.3, 0.4) is 0 Å². The van der Waals surface area contributed by atoms with Gasteiger partial charge < -0.3 is 10.6 Å². The molecule has 2 saturated heterocycles. The van der Waals surface area contributed by atoms with Crippen molar-refractivity contribution in [3.8, 4) is 0 Å². The van der Waals surface area contributed by atoms with Crippen LogP contribution in [-0.4, -0.2) is 77.5 Å². The van der Waals surface area contributed by atoms with Gasteiger partial charge >= 0.3 is 6.03 Å². The lowest BCUT2D eigenvalue weighted by molar-refractivity contribution is -0.134. The average molecular weight is 456 g/mol. The Labute approximate surface area is 196 Å². The lowest BCUT2D eigenvalue weighted by Crippen LogP contribution is -2.53. The molecule has 0 bridgehead atoms. The van der Waals surface area contributed by atoms with Gasteiger partial charge in [0.05, 0.1) is 13.2 Å². The largest absolute Gasteiger partial charge is 0.326 e. The lowest BCUT2D eigenvalue weighted by Gasteiger charge is -2.37. The standard InChI is InChI=1S/C25H37N5O3/c1-3-19-9-11-25(12-10-19)23(32)30(24(33)27-25)18-29-15-13-28(14-16-29)17-22(31)26-21-8-6-5-7-20(21)4-2/h5-8,19H,3-4,9-18H2,1-2H3,(H,26,31)(H,27,33). The molecule has 8 nitrogen and oxygen atoms in total. The van der Waals surface area contributed by atoms with Gasteiger partial charge in [-0.25, -0.2) is 9.69 Å². The number of aryl methyl sites for hydroxylation is 1. The molecule has 0 atom stereocenters. The zero-order chi connectivity index (χ0) is 23.4. The van der Waals surface area contributed by atoms with Crippen molar-refractivity contribution in [3.63, 3.8) is 0 Å². The van der Waals surface area contributed by atoms with E-state index in [1.165, 1.54) is 4.90 Å². The molecule has 0 aromatic heterocycles. The molecule has 1 saturated carbocycles. The molecule has 1 aromatic rings. The van der Waals surface area contributed by atoms with Crippen molar-refractivity contribution in [2.75, 3.05) is 44.7 Å². The topological polar surface area (TPSA) is 85.0 Å². The molecule has 2 N–H and O–H groups in total. The molecule has 0 unspecified atom stereocenters. The average Bonchev–Trinajstić information content (AvgIpc) is 3.05. The van der Waals surface area contributed by atoms with Crippen LogP contribution in [0.1, 0.15) is 51.5 Å². The highest BCUT2D eigenvalue weighted by molar-refractivity contribution is 6.07. The summed E-state index contributed by atoms with van der Waals surface area (Å²) in [5.41, 5.74) is 1.33. The molecule has 1 spiro atoms. The van der Waals surface area contributed by atoms with Crippen molar-refractivity contribution in [1.82, 2.24) is 20.0 Å². The number of carbonyl (C=O) groups is 3. The predicted molar refractivity (Wildman–Crippen MR) is 128 cm³/mol. The van der Waals surface area contributed by atoms with E-state index in [-0.39, 0.29) is 17.8 Å². The Morgan fingerprint density at radius 2 is 1.73 bits per heavy atom. The van der Waals surface area contributed by atoms with Crippen molar-refractivity contribution in [3.05, 3.63) is 29.8 Å². The summed E-state index contributed by atoms with van der Waals surface area (Å²) in [4.78, 5) is 44.0. The van der Waals surface area contributed by atoms with E-state index in [0.717, 1.165) is 76.0 Å². The molecule has 2 aliphatic heterocycles. The number of benzene rings is 1. The maximum Gasteiger partial charge on any atom is 0.326 e. The van der Waals surface area contributed by atoms with Gasteiger partial charge in [0.1, 0.15) is 5.54 Å². The van der Waals surface area contributed by atoms with Gasteiger partial charge in [-0.1, -0.05) is 38.5 Å². The van der Waals surface area contributed by atoms with E-state index in [1.807, 2.05) is 24.3 Å². The number of para-hydroxylation sites is 1. The maximum atomic E-state index is 13.1. The van der Waals surface area contributed by atoms with Crippen molar-refractivity contribution >= 4 is 23.5 Å². The van der Waals surface area contributed by atoms with Crippen LogP contribution in [0.15, 0.2) is 24.3 Å². The molecule has 1 aliphatic carbocycles. The number of hydrogen-bond donors (Lipinski definition) is 2. The maximum absolute atomic E-state index is 13.1. The predicted octanol–water partition coefficient (Wildman–Crippen LogP) is 2.65. The summed E-state index contributed by atoms with van der Waals surface area (Å²) in [7, 11) is 0. The molecule has 33 heavy (non-hydrogen) atoms. The molecule has 3 aliphatic rings. The highest BCUT2D eigenvalue weighted by atomic mass is 16.2. The van der Waals surface area contributed by atoms with Crippen LogP contribution >= 0.6 is 0 Å². The lowest BCUT2D eigenvalue weighted by atomic mass is 9.75. The van der Waals surface area contributed by atoms with Crippen LogP contribution < -0.4 is 10.6 Å². The van der Waals surface area contributed by atoms with E-state index in [2.05, 4.69) is 34.3 Å². The third-order valence-corrected chi connectivity index (χ3v) is 7.63. The first-order valence-corrected chi connectivity index (χ1v) is 12.4. The molecule has 2 heterocycles. The Kier molecular flexibility index (Phi) is 7.34. The summed E-state index contributed by atoms with van der Waals surface area (Å²) in [5.74, 6) is 0.594. The first-order chi connectivity index (χ1) is 15.9. The fraction of sp³-hybridized carbons (Fsp3) is 0.640. The van der Waals surface area contributed by atoms with E-state index in [0.29, 0.717) is 19.1 Å². The van der Waals surface area contributed by atoms with Gasteiger partial charge in [-0.2, -0.15) is 0 Å². The normalized spacial score (nSPS) is 26.6. The molecule has 4 rings (SSSR count). The van der Waals surface area contributed by atoms with Gasteiger partial charge in [-0.3, -0.25) is 19.4 Å². The number of rotatable bonds is 7. The molecular formula is C25H37N5O3. The molecular weight excluding hydrogens is 418 g/mol. The van der Waals surface area contributed by atoms with Crippen molar-refractivity contribution in [2.24, 2.45) is 5.92 Å². The van der Waals surface area contributed by atoms with E-state index < -0.39 is 5.54 Å². The Morgan fingerprint density at radius 3 is 2.39 bits per heavy atom. The zero-order valence-corrected chi connectivity index (χ0v) is 19.9. The van der Waals surface area contributed by atoms with Gasteiger partial charge in [0.25, 0.3) is 5.91 Å². The summed E-state index contributed by atoms with van der Waals surface area (Å²) in [5, 5.41) is 6.05. The molecule has 1 aromatic carbocycles. The minimum atomic E-state index is -0.683. The fourth-order valence-electron chi connectivity index (χ4n) is 5.35. The molecule has 4 amide bonds. The minimum Gasteiger partial charge on any atom is -0.325 e. The van der Waals surface area contributed by atoms with Gasteiger partial charge in [0.2, 0.25) is 5.91 Å². The SMILES string of the molecule is CCc1ccccc1NC(=O)CN1CCN(CN2C(=O)NC3(CCC(CC)CC3)C2=O)CC1. The highest BCUT2D eigenvalue weighted by Crippen LogP contribution is 2.37. The second-order valence-electron chi connectivity index (χ2n) is 9.69. The van der Waals surface area contributed by atoms with Crippen LogP contribution in [-0.2, 0) is 16.0 Å². The van der Waals surface area contributed by atoms with Crippen LogP contribution in [0.2, 0.25) is 0 Å². The molecule has 3 fully saturated rings. The highest BCUT2D eigenvalue weighted by Gasteiger charge is 2.52. The third kappa shape index (κ3) is 5.22. The van der Waals surface area contributed by atoms with Crippen molar-refractivity contribution in [1.29, 1.82) is 0 Å². The Bertz CT molecular complexity index is 873. The van der Waals surface area contributed by atoms with Crippen LogP contribution in [0.4, 0.5) is 10.5 Å². The Hall–Kier alpha value is -2.45. The zero-order valence-electron chi connectivity index (χ0n) is 19.9. The van der Waals surface area contributed by atoms with E-state index in [4.69, 9.17) is 0 Å². The van der Waals surface area contributed by atoms with Gasteiger partial charge in [-0.15, -0.1) is 0 Å². The number of nitrogens with one attached hydrogen (secondary N) is 2. The summed E-state index contributed by atoms with van der Waals surface area (Å²) in [6.07, 6.45) is 5.50. The first kappa shape index (κ1) is 23.7. The number of amides is 4. The fourth-order valence-corrected chi connectivity index (χ4v) is 5.35. The number of imide groups is 1. The Morgan fingerprint density at radius 1 is 1.06 bits per heavy atom. The number of carbonyl (C=O) groups excluding carboxylic acids is 3. The Balaban J connectivity index is 1.24. The second kappa shape index (κ2) is 10.2. The van der Waals surface area contributed by atoms with Gasteiger partial charge in [-0.05, 0) is 49.7 Å². The number of hydrogen-bond acceptors (Lipinski definition) is 5. The number of anilines is 1. The van der Waals surface area contributed by atoms with Crippen molar-refractivity contribution in [2.45, 2.75) is 57.9 Å². The van der Waals surface area contributed by atoms with Gasteiger partial charge in [0, 0.05) is 31.9 Å². The molecule has 0 radical (unpaired) electrons. The number of piperazine rings is 1. The number of urea groups is 1. The summed E-state index contributed by atoms with van der Waals surface area (Å²) in [6, 6.07) is 7.63. The van der Waals surface area contributed by atoms with Crippen LogP contribution in [0.5, 0.6) is 0 Å². The molecule has 180 valence electrons. The smallest absolute Gasteiger partial charge is 0.325 e. The monoisotopic (exact) mass is 455 g/mol. The van der Waals surface area contributed by atoms with Crippen LogP contribution in [0.25, 0.3) is 0 Å². The minimum absolute atomic E-state index is 0.0110. The first-order valence-electron chi connectivity index (χ1n) is 12.4. The third-order valence-electron chi connectivity index (χ3n) is 7.63. The summed E-state index contributed by atoms with van der Waals surface area (Å²) < 4.78 is 0.